The van der Waals surface area contributed by atoms with Crippen LogP contribution in [0.3, 0.4) is 0 Å². The van der Waals surface area contributed by atoms with Gasteiger partial charge in [0.25, 0.3) is 5.56 Å². The van der Waals surface area contributed by atoms with Crippen molar-refractivity contribution < 1.29 is 0 Å². The maximum Gasteiger partial charge on any atom is 0.261 e. The summed E-state index contributed by atoms with van der Waals surface area (Å²) in [6, 6.07) is 8.33. The summed E-state index contributed by atoms with van der Waals surface area (Å²) < 4.78 is 1.84. The van der Waals surface area contributed by atoms with Crippen LogP contribution in [0.2, 0.25) is 0 Å². The molecule has 1 aliphatic carbocycles. The van der Waals surface area contributed by atoms with E-state index in [4.69, 9.17) is 0 Å². The van der Waals surface area contributed by atoms with Crippen molar-refractivity contribution >= 4 is 22.4 Å². The van der Waals surface area contributed by atoms with Crippen LogP contribution in [0.1, 0.15) is 31.7 Å². The van der Waals surface area contributed by atoms with Gasteiger partial charge in [0.15, 0.2) is 0 Å². The Labute approximate surface area is 163 Å². The highest BCUT2D eigenvalue weighted by Crippen LogP contribution is 2.28. The zero-order chi connectivity index (χ0) is 18.9. The number of piperazine rings is 1. The van der Waals surface area contributed by atoms with E-state index in [0.29, 0.717) is 6.04 Å². The Kier molecular flexibility index (Phi) is 4.43. The third-order valence-corrected chi connectivity index (χ3v) is 6.02. The summed E-state index contributed by atoms with van der Waals surface area (Å²) in [7, 11) is 0. The third kappa shape index (κ3) is 3.10. The minimum Gasteiger partial charge on any atom is -0.368 e. The molecule has 1 saturated heterocycles. The fraction of sp³-hybridized carbons (Fsp3) is 0.429. The molecule has 0 spiro atoms. The number of benzene rings is 1. The van der Waals surface area contributed by atoms with Gasteiger partial charge in [0.1, 0.15) is 12.1 Å². The van der Waals surface area contributed by atoms with Crippen LogP contribution < -0.4 is 15.4 Å². The first kappa shape index (κ1) is 17.2. The predicted molar refractivity (Wildman–Crippen MR) is 110 cm³/mol. The molecule has 1 aliphatic heterocycles. The number of aromatic nitrogens is 4. The molecule has 2 aliphatic rings. The molecule has 28 heavy (non-hydrogen) atoms. The fourth-order valence-electron chi connectivity index (χ4n) is 4.43. The van der Waals surface area contributed by atoms with Crippen LogP contribution in [0.4, 0.5) is 11.5 Å². The molecule has 144 valence electrons. The fourth-order valence-corrected chi connectivity index (χ4v) is 4.43. The smallest absolute Gasteiger partial charge is 0.261 e. The molecule has 7 nitrogen and oxygen atoms in total. The summed E-state index contributed by atoms with van der Waals surface area (Å²) in [4.78, 5) is 30.5. The van der Waals surface area contributed by atoms with Gasteiger partial charge in [0.2, 0.25) is 0 Å². The van der Waals surface area contributed by atoms with E-state index >= 15 is 0 Å². The Bertz CT molecular complexity index is 1020. The van der Waals surface area contributed by atoms with Gasteiger partial charge in [-0.25, -0.2) is 15.0 Å². The van der Waals surface area contributed by atoms with E-state index in [1.165, 1.54) is 12.8 Å². The van der Waals surface area contributed by atoms with Crippen molar-refractivity contribution in [1.29, 1.82) is 0 Å². The van der Waals surface area contributed by atoms with Crippen molar-refractivity contribution in [3.05, 3.63) is 53.5 Å². The van der Waals surface area contributed by atoms with E-state index in [-0.39, 0.29) is 5.56 Å². The van der Waals surface area contributed by atoms with Gasteiger partial charge < -0.3 is 9.80 Å². The Morgan fingerprint density at radius 1 is 0.929 bits per heavy atom. The van der Waals surface area contributed by atoms with Gasteiger partial charge in [-0.3, -0.25) is 9.36 Å². The minimum absolute atomic E-state index is 0.0945. The first-order valence-corrected chi connectivity index (χ1v) is 10.1. The van der Waals surface area contributed by atoms with Gasteiger partial charge in [-0.15, -0.1) is 0 Å². The summed E-state index contributed by atoms with van der Waals surface area (Å²) in [5.74, 6) is 0.974. The van der Waals surface area contributed by atoms with Crippen LogP contribution in [0.15, 0.2) is 47.9 Å². The molecule has 2 aromatic heterocycles. The lowest BCUT2D eigenvalue weighted by molar-refractivity contribution is 0.499. The molecule has 0 radical (unpaired) electrons. The molecule has 3 heterocycles. The number of hydrogen-bond donors (Lipinski definition) is 0. The standard InChI is InChI=1S/C21H24N6O/c28-21-18-6-5-17(13-19(18)24-15-27(21)16-3-1-2-4-16)25-9-11-26(12-10-25)20-7-8-22-14-23-20/h5-8,13-16H,1-4,9-12H2. The van der Waals surface area contributed by atoms with Crippen molar-refractivity contribution in [2.45, 2.75) is 31.7 Å². The first-order valence-electron chi connectivity index (χ1n) is 10.1. The van der Waals surface area contributed by atoms with Crippen molar-refractivity contribution in [3.63, 3.8) is 0 Å². The lowest BCUT2D eigenvalue weighted by atomic mass is 10.1. The van der Waals surface area contributed by atoms with Gasteiger partial charge in [-0.1, -0.05) is 12.8 Å². The quantitative estimate of drug-likeness (QED) is 0.700. The van der Waals surface area contributed by atoms with Crippen LogP contribution >= 0.6 is 0 Å². The van der Waals surface area contributed by atoms with E-state index < -0.39 is 0 Å². The van der Waals surface area contributed by atoms with Crippen molar-refractivity contribution in [3.8, 4) is 0 Å². The molecule has 0 atom stereocenters. The largest absolute Gasteiger partial charge is 0.368 e. The number of anilines is 2. The molecule has 7 heteroatoms. The maximum absolute atomic E-state index is 12.9. The second-order valence-corrected chi connectivity index (χ2v) is 7.64. The molecular weight excluding hydrogens is 352 g/mol. The van der Waals surface area contributed by atoms with Gasteiger partial charge >= 0.3 is 0 Å². The second kappa shape index (κ2) is 7.22. The van der Waals surface area contributed by atoms with Crippen LogP contribution in [0.25, 0.3) is 10.9 Å². The third-order valence-electron chi connectivity index (χ3n) is 6.02. The van der Waals surface area contributed by atoms with E-state index in [2.05, 4.69) is 36.9 Å². The second-order valence-electron chi connectivity index (χ2n) is 7.64. The lowest BCUT2D eigenvalue weighted by Gasteiger charge is -2.36. The first-order chi connectivity index (χ1) is 13.8. The molecule has 1 saturated carbocycles. The van der Waals surface area contributed by atoms with Crippen LogP contribution in [-0.4, -0.2) is 45.7 Å². The Morgan fingerprint density at radius 3 is 2.46 bits per heavy atom. The Hall–Kier alpha value is -2.96. The SMILES string of the molecule is O=c1c2ccc(N3CCN(c4ccncn4)CC3)cc2ncn1C1CCCC1. The summed E-state index contributed by atoms with van der Waals surface area (Å²) in [6.45, 7) is 3.64. The molecule has 1 aromatic carbocycles. The van der Waals surface area contributed by atoms with Gasteiger partial charge in [-0.05, 0) is 37.1 Å². The van der Waals surface area contributed by atoms with Gasteiger partial charge in [-0.2, -0.15) is 0 Å². The van der Waals surface area contributed by atoms with Crippen LogP contribution in [0, 0.1) is 0 Å². The zero-order valence-corrected chi connectivity index (χ0v) is 15.9. The zero-order valence-electron chi connectivity index (χ0n) is 15.9. The minimum atomic E-state index is 0.0945. The Morgan fingerprint density at radius 2 is 1.71 bits per heavy atom. The highest BCUT2D eigenvalue weighted by atomic mass is 16.1. The van der Waals surface area contributed by atoms with E-state index in [0.717, 1.165) is 61.4 Å². The molecule has 0 unspecified atom stereocenters. The molecule has 0 bridgehead atoms. The number of hydrogen-bond acceptors (Lipinski definition) is 6. The van der Waals surface area contributed by atoms with Crippen LogP contribution in [0.5, 0.6) is 0 Å². The van der Waals surface area contributed by atoms with Crippen molar-refractivity contribution in [2.24, 2.45) is 0 Å². The predicted octanol–water partition coefficient (Wildman–Crippen LogP) is 2.63. The summed E-state index contributed by atoms with van der Waals surface area (Å²) in [5, 5.41) is 0.720. The molecule has 2 fully saturated rings. The molecular formula is C21H24N6O. The van der Waals surface area contributed by atoms with Gasteiger partial charge in [0, 0.05) is 44.1 Å². The summed E-state index contributed by atoms with van der Waals surface area (Å²) in [5.41, 5.74) is 2.01. The number of rotatable bonds is 3. The summed E-state index contributed by atoms with van der Waals surface area (Å²) in [6.07, 6.45) is 9.70. The normalized spacial score (nSPS) is 18.1. The van der Waals surface area contributed by atoms with Gasteiger partial charge in [0.05, 0.1) is 17.2 Å². The number of fused-ring (bicyclic) bond motifs is 1. The highest BCUT2D eigenvalue weighted by molar-refractivity contribution is 5.81. The molecule has 0 N–H and O–H groups in total. The topological polar surface area (TPSA) is 67.2 Å². The van der Waals surface area contributed by atoms with E-state index in [9.17, 15) is 4.79 Å². The highest BCUT2D eigenvalue weighted by Gasteiger charge is 2.21. The molecule has 3 aromatic rings. The number of nitrogens with zero attached hydrogens (tertiary/aromatic N) is 6. The monoisotopic (exact) mass is 376 g/mol. The van der Waals surface area contributed by atoms with Crippen LogP contribution in [-0.2, 0) is 0 Å². The van der Waals surface area contributed by atoms with E-state index in [1.807, 2.05) is 16.7 Å². The van der Waals surface area contributed by atoms with Crippen molar-refractivity contribution in [2.75, 3.05) is 36.0 Å². The molecule has 0 amide bonds. The maximum atomic E-state index is 12.9. The summed E-state index contributed by atoms with van der Waals surface area (Å²) >= 11 is 0. The van der Waals surface area contributed by atoms with E-state index in [1.54, 1.807) is 18.9 Å². The lowest BCUT2D eigenvalue weighted by Crippen LogP contribution is -2.46. The molecule has 5 rings (SSSR count). The average Bonchev–Trinajstić information content (AvgIpc) is 3.29. The Balaban J connectivity index is 1.36. The van der Waals surface area contributed by atoms with Crippen molar-refractivity contribution in [1.82, 2.24) is 19.5 Å². The average molecular weight is 376 g/mol.